The molecule has 2 heteroatoms. The maximum absolute atomic E-state index is 10.4. The fourth-order valence-corrected chi connectivity index (χ4v) is 2.47. The zero-order valence-electron chi connectivity index (χ0n) is 11.6. The summed E-state index contributed by atoms with van der Waals surface area (Å²) in [7, 11) is 0. The van der Waals surface area contributed by atoms with Crippen LogP contribution in [-0.2, 0) is 0 Å². The Balaban J connectivity index is 4.19. The van der Waals surface area contributed by atoms with Gasteiger partial charge in [0.25, 0.3) is 0 Å². The van der Waals surface area contributed by atoms with Gasteiger partial charge in [0.15, 0.2) is 0 Å². The third-order valence-electron chi connectivity index (χ3n) is 3.35. The molecule has 0 rings (SSSR count). The molecule has 0 spiro atoms. The molecule has 2 nitrogen and oxygen atoms in total. The molecular formula is C14H30O2. The van der Waals surface area contributed by atoms with E-state index in [9.17, 15) is 10.2 Å². The molecule has 16 heavy (non-hydrogen) atoms. The third kappa shape index (κ3) is 6.49. The molecule has 0 aromatic rings. The highest BCUT2D eigenvalue weighted by Crippen LogP contribution is 2.29. The van der Waals surface area contributed by atoms with Crippen LogP contribution >= 0.6 is 0 Å². The first-order valence-electron chi connectivity index (χ1n) is 6.84. The highest BCUT2D eigenvalue weighted by Gasteiger charge is 2.29. The largest absolute Gasteiger partial charge is 0.390 e. The van der Waals surface area contributed by atoms with Crippen LogP contribution in [0.1, 0.15) is 79.1 Å². The summed E-state index contributed by atoms with van der Waals surface area (Å²) in [5.41, 5.74) is -1.16. The van der Waals surface area contributed by atoms with Gasteiger partial charge in [-0.25, -0.2) is 0 Å². The zero-order valence-corrected chi connectivity index (χ0v) is 11.6. The van der Waals surface area contributed by atoms with E-state index in [1.807, 2.05) is 6.92 Å². The van der Waals surface area contributed by atoms with Gasteiger partial charge in [-0.3, -0.25) is 0 Å². The van der Waals surface area contributed by atoms with Crippen molar-refractivity contribution in [2.45, 2.75) is 90.3 Å². The van der Waals surface area contributed by atoms with Crippen LogP contribution in [0, 0.1) is 0 Å². The maximum Gasteiger partial charge on any atom is 0.0648 e. The Morgan fingerprint density at radius 1 is 0.688 bits per heavy atom. The Bertz CT molecular complexity index is 170. The standard InChI is InChI=1S/C14H30O2/c1-5-8-13(4,15)11-12-14(16,9-6-2)10-7-3/h15-16H,5-12H2,1-4H3/t13-/m1/s1. The summed E-state index contributed by atoms with van der Waals surface area (Å²) in [4.78, 5) is 0. The zero-order chi connectivity index (χ0) is 12.7. The van der Waals surface area contributed by atoms with Gasteiger partial charge in [-0.1, -0.05) is 40.0 Å². The molecule has 0 aliphatic rings. The topological polar surface area (TPSA) is 40.5 Å². The summed E-state index contributed by atoms with van der Waals surface area (Å²) in [6, 6.07) is 0. The van der Waals surface area contributed by atoms with E-state index >= 15 is 0 Å². The minimum absolute atomic E-state index is 0.554. The molecule has 0 aromatic heterocycles. The van der Waals surface area contributed by atoms with Gasteiger partial charge >= 0.3 is 0 Å². The predicted molar refractivity (Wildman–Crippen MR) is 69.5 cm³/mol. The quantitative estimate of drug-likeness (QED) is 0.635. The molecular weight excluding hydrogens is 200 g/mol. The van der Waals surface area contributed by atoms with E-state index < -0.39 is 11.2 Å². The SMILES string of the molecule is CCCC(O)(CCC)CC[C@](C)(O)CCC. The number of hydrogen-bond acceptors (Lipinski definition) is 2. The monoisotopic (exact) mass is 230 g/mol. The fourth-order valence-electron chi connectivity index (χ4n) is 2.47. The summed E-state index contributed by atoms with van der Waals surface area (Å²) in [6.07, 6.45) is 6.96. The van der Waals surface area contributed by atoms with Crippen LogP contribution < -0.4 is 0 Å². The van der Waals surface area contributed by atoms with Gasteiger partial charge in [-0.15, -0.1) is 0 Å². The van der Waals surface area contributed by atoms with Crippen molar-refractivity contribution < 1.29 is 10.2 Å². The van der Waals surface area contributed by atoms with Gasteiger partial charge < -0.3 is 10.2 Å². The van der Waals surface area contributed by atoms with Gasteiger partial charge in [0.2, 0.25) is 0 Å². The number of rotatable bonds is 9. The molecule has 0 aliphatic carbocycles. The average molecular weight is 230 g/mol. The lowest BCUT2D eigenvalue weighted by Crippen LogP contribution is -2.33. The van der Waals surface area contributed by atoms with E-state index in [1.165, 1.54) is 0 Å². The molecule has 0 bridgehead atoms. The van der Waals surface area contributed by atoms with E-state index in [4.69, 9.17) is 0 Å². The first-order valence-corrected chi connectivity index (χ1v) is 6.84. The number of aliphatic hydroxyl groups is 2. The van der Waals surface area contributed by atoms with Crippen molar-refractivity contribution in [3.8, 4) is 0 Å². The summed E-state index contributed by atoms with van der Waals surface area (Å²) >= 11 is 0. The summed E-state index contributed by atoms with van der Waals surface area (Å²) in [5.74, 6) is 0. The smallest absolute Gasteiger partial charge is 0.0648 e. The van der Waals surface area contributed by atoms with Crippen molar-refractivity contribution in [2.24, 2.45) is 0 Å². The van der Waals surface area contributed by atoms with Gasteiger partial charge in [-0.05, 0) is 39.0 Å². The van der Waals surface area contributed by atoms with Crippen LogP contribution in [0.25, 0.3) is 0 Å². The summed E-state index contributed by atoms with van der Waals surface area (Å²) < 4.78 is 0. The predicted octanol–water partition coefficient (Wildman–Crippen LogP) is 3.65. The summed E-state index contributed by atoms with van der Waals surface area (Å²) in [6.45, 7) is 8.17. The third-order valence-corrected chi connectivity index (χ3v) is 3.35. The summed E-state index contributed by atoms with van der Waals surface area (Å²) in [5, 5.41) is 20.5. The normalized spacial score (nSPS) is 16.1. The molecule has 0 heterocycles. The Morgan fingerprint density at radius 2 is 1.12 bits per heavy atom. The molecule has 0 saturated carbocycles. The molecule has 1 atom stereocenters. The minimum atomic E-state index is -0.607. The second-order valence-electron chi connectivity index (χ2n) is 5.47. The molecule has 2 N–H and O–H groups in total. The Kier molecular flexibility index (Phi) is 7.25. The van der Waals surface area contributed by atoms with Crippen molar-refractivity contribution in [1.29, 1.82) is 0 Å². The van der Waals surface area contributed by atoms with Crippen LogP contribution in [0.5, 0.6) is 0 Å². The van der Waals surface area contributed by atoms with Crippen molar-refractivity contribution in [1.82, 2.24) is 0 Å². The van der Waals surface area contributed by atoms with Crippen LogP contribution in [0.2, 0.25) is 0 Å². The first kappa shape index (κ1) is 15.9. The average Bonchev–Trinajstić information content (AvgIpc) is 2.16. The van der Waals surface area contributed by atoms with E-state index in [1.54, 1.807) is 0 Å². The van der Waals surface area contributed by atoms with Gasteiger partial charge in [-0.2, -0.15) is 0 Å². The highest BCUT2D eigenvalue weighted by molar-refractivity contribution is 4.82. The second-order valence-corrected chi connectivity index (χ2v) is 5.47. The van der Waals surface area contributed by atoms with E-state index in [0.29, 0.717) is 6.42 Å². The maximum atomic E-state index is 10.4. The van der Waals surface area contributed by atoms with Crippen molar-refractivity contribution >= 4 is 0 Å². The van der Waals surface area contributed by atoms with Crippen molar-refractivity contribution in [2.75, 3.05) is 0 Å². The van der Waals surface area contributed by atoms with E-state index in [2.05, 4.69) is 20.8 Å². The lowest BCUT2D eigenvalue weighted by atomic mass is 9.83. The lowest BCUT2D eigenvalue weighted by Gasteiger charge is -2.32. The first-order chi connectivity index (χ1) is 7.39. The van der Waals surface area contributed by atoms with Crippen molar-refractivity contribution in [3.63, 3.8) is 0 Å². The van der Waals surface area contributed by atoms with Crippen LogP contribution in [0.15, 0.2) is 0 Å². The Hall–Kier alpha value is -0.0800. The van der Waals surface area contributed by atoms with Crippen LogP contribution in [0.3, 0.4) is 0 Å². The van der Waals surface area contributed by atoms with E-state index in [0.717, 1.165) is 44.9 Å². The molecule has 0 unspecified atom stereocenters. The van der Waals surface area contributed by atoms with Crippen LogP contribution in [-0.4, -0.2) is 21.4 Å². The Labute approximate surface area is 101 Å². The van der Waals surface area contributed by atoms with Crippen molar-refractivity contribution in [3.05, 3.63) is 0 Å². The highest BCUT2D eigenvalue weighted by atomic mass is 16.3. The fraction of sp³-hybridized carbons (Fsp3) is 1.00. The van der Waals surface area contributed by atoms with Crippen LogP contribution in [0.4, 0.5) is 0 Å². The molecule has 0 aliphatic heterocycles. The molecule has 98 valence electrons. The molecule has 0 fully saturated rings. The molecule has 0 aromatic carbocycles. The van der Waals surface area contributed by atoms with Gasteiger partial charge in [0.05, 0.1) is 11.2 Å². The Morgan fingerprint density at radius 3 is 1.50 bits per heavy atom. The number of hydrogen-bond donors (Lipinski definition) is 2. The van der Waals surface area contributed by atoms with Gasteiger partial charge in [0.1, 0.15) is 0 Å². The molecule has 0 saturated heterocycles. The molecule has 0 radical (unpaired) electrons. The lowest BCUT2D eigenvalue weighted by molar-refractivity contribution is -0.0266. The minimum Gasteiger partial charge on any atom is -0.390 e. The molecule has 0 amide bonds. The van der Waals surface area contributed by atoms with E-state index in [-0.39, 0.29) is 0 Å². The van der Waals surface area contributed by atoms with Gasteiger partial charge in [0, 0.05) is 0 Å². The second kappa shape index (κ2) is 7.29.